The van der Waals surface area contributed by atoms with Gasteiger partial charge in [-0.1, -0.05) is 18.5 Å². The van der Waals surface area contributed by atoms with E-state index in [1.807, 2.05) is 19.1 Å². The molecule has 0 saturated carbocycles. The number of furan rings is 1. The summed E-state index contributed by atoms with van der Waals surface area (Å²) in [7, 11) is 0. The molecular formula is C17H20ClNO3S. The van der Waals surface area contributed by atoms with Crippen LogP contribution in [-0.4, -0.2) is 24.3 Å². The Kier molecular flexibility index (Phi) is 7.36. The third-order valence-electron chi connectivity index (χ3n) is 3.13. The summed E-state index contributed by atoms with van der Waals surface area (Å²) >= 11 is 7.55. The van der Waals surface area contributed by atoms with Gasteiger partial charge < -0.3 is 14.5 Å². The van der Waals surface area contributed by atoms with Crippen molar-refractivity contribution in [3.05, 3.63) is 53.4 Å². The van der Waals surface area contributed by atoms with Crippen LogP contribution in [0.4, 0.5) is 0 Å². The minimum absolute atomic E-state index is 0.0963. The molecule has 0 unspecified atom stereocenters. The van der Waals surface area contributed by atoms with E-state index in [1.54, 1.807) is 42.3 Å². The first-order chi connectivity index (χ1) is 11.2. The van der Waals surface area contributed by atoms with E-state index < -0.39 is 6.10 Å². The number of carbonyl (C=O) groups excluding carboxylic acids is 1. The van der Waals surface area contributed by atoms with E-state index in [0.29, 0.717) is 23.7 Å². The molecule has 0 bridgehead atoms. The second kappa shape index (κ2) is 9.53. The predicted molar refractivity (Wildman–Crippen MR) is 94.0 cm³/mol. The Morgan fingerprint density at radius 2 is 2.13 bits per heavy atom. The molecule has 0 spiro atoms. The first-order valence-electron chi connectivity index (χ1n) is 7.49. The van der Waals surface area contributed by atoms with E-state index in [9.17, 15) is 4.79 Å². The van der Waals surface area contributed by atoms with E-state index >= 15 is 0 Å². The number of rotatable bonds is 9. The van der Waals surface area contributed by atoms with Crippen LogP contribution in [0.5, 0.6) is 5.75 Å². The molecule has 0 radical (unpaired) electrons. The van der Waals surface area contributed by atoms with Gasteiger partial charge in [-0.15, -0.1) is 0 Å². The van der Waals surface area contributed by atoms with Gasteiger partial charge in [-0.05, 0) is 42.8 Å². The number of thioether (sulfide) groups is 1. The molecule has 124 valence electrons. The highest BCUT2D eigenvalue weighted by molar-refractivity contribution is 7.98. The molecule has 1 heterocycles. The van der Waals surface area contributed by atoms with Crippen LogP contribution in [0.25, 0.3) is 0 Å². The third-order valence-corrected chi connectivity index (χ3v) is 4.36. The van der Waals surface area contributed by atoms with Crippen LogP contribution in [0.3, 0.4) is 0 Å². The van der Waals surface area contributed by atoms with Crippen LogP contribution < -0.4 is 10.1 Å². The SMILES string of the molecule is CC[C@@H](Oc1ccc(Cl)cc1)C(=O)NCCSCc1ccco1. The Hall–Kier alpha value is -1.59. The molecule has 0 aliphatic heterocycles. The molecule has 1 aromatic carbocycles. The summed E-state index contributed by atoms with van der Waals surface area (Å²) in [5.41, 5.74) is 0. The van der Waals surface area contributed by atoms with Crippen molar-refractivity contribution in [3.63, 3.8) is 0 Å². The van der Waals surface area contributed by atoms with Crippen molar-refractivity contribution >= 4 is 29.3 Å². The second-order valence-corrected chi connectivity index (χ2v) is 6.43. The predicted octanol–water partition coefficient (Wildman–Crippen LogP) is 4.14. The van der Waals surface area contributed by atoms with Crippen molar-refractivity contribution in [2.45, 2.75) is 25.2 Å². The van der Waals surface area contributed by atoms with Crippen LogP contribution in [0.2, 0.25) is 5.02 Å². The van der Waals surface area contributed by atoms with Gasteiger partial charge in [0.25, 0.3) is 5.91 Å². The van der Waals surface area contributed by atoms with Gasteiger partial charge in [0.1, 0.15) is 11.5 Å². The largest absolute Gasteiger partial charge is 0.481 e. The zero-order valence-corrected chi connectivity index (χ0v) is 14.5. The molecule has 1 aromatic heterocycles. The van der Waals surface area contributed by atoms with Crippen molar-refractivity contribution in [3.8, 4) is 5.75 Å². The van der Waals surface area contributed by atoms with Gasteiger partial charge in [0.05, 0.1) is 12.0 Å². The molecule has 2 aromatic rings. The topological polar surface area (TPSA) is 51.5 Å². The lowest BCUT2D eigenvalue weighted by atomic mass is 10.2. The molecule has 1 amide bonds. The molecule has 6 heteroatoms. The number of hydrogen-bond donors (Lipinski definition) is 1. The van der Waals surface area contributed by atoms with Crippen molar-refractivity contribution < 1.29 is 13.9 Å². The molecule has 0 aliphatic carbocycles. The first kappa shape index (κ1) is 17.8. The van der Waals surface area contributed by atoms with Crippen LogP contribution in [0.15, 0.2) is 47.1 Å². The molecular weight excluding hydrogens is 334 g/mol. The lowest BCUT2D eigenvalue weighted by Gasteiger charge is -2.17. The average molecular weight is 354 g/mol. The van der Waals surface area contributed by atoms with Gasteiger partial charge >= 0.3 is 0 Å². The minimum atomic E-state index is -0.494. The fourth-order valence-corrected chi connectivity index (χ4v) is 2.81. The Balaban J connectivity index is 1.68. The number of benzene rings is 1. The average Bonchev–Trinajstić information content (AvgIpc) is 3.07. The van der Waals surface area contributed by atoms with Gasteiger partial charge in [-0.2, -0.15) is 11.8 Å². The molecule has 1 N–H and O–H groups in total. The molecule has 4 nitrogen and oxygen atoms in total. The summed E-state index contributed by atoms with van der Waals surface area (Å²) in [4.78, 5) is 12.1. The van der Waals surface area contributed by atoms with Gasteiger partial charge in [0.2, 0.25) is 0 Å². The number of hydrogen-bond acceptors (Lipinski definition) is 4. The Bertz CT molecular complexity index is 586. The highest BCUT2D eigenvalue weighted by Crippen LogP contribution is 2.17. The highest BCUT2D eigenvalue weighted by Gasteiger charge is 2.17. The number of halogens is 1. The maximum atomic E-state index is 12.1. The van der Waals surface area contributed by atoms with Gasteiger partial charge in [-0.3, -0.25) is 4.79 Å². The Labute approximate surface area is 145 Å². The van der Waals surface area contributed by atoms with E-state index in [1.165, 1.54) is 0 Å². The normalized spacial score (nSPS) is 11.9. The van der Waals surface area contributed by atoms with Crippen LogP contribution in [0.1, 0.15) is 19.1 Å². The van der Waals surface area contributed by atoms with Crippen LogP contribution >= 0.6 is 23.4 Å². The monoisotopic (exact) mass is 353 g/mol. The van der Waals surface area contributed by atoms with Crippen molar-refractivity contribution in [2.75, 3.05) is 12.3 Å². The van der Waals surface area contributed by atoms with Crippen molar-refractivity contribution in [2.24, 2.45) is 0 Å². The maximum Gasteiger partial charge on any atom is 0.261 e. The minimum Gasteiger partial charge on any atom is -0.481 e. The standard InChI is InChI=1S/C17H20ClNO3S/c1-2-16(22-14-7-5-13(18)6-8-14)17(20)19-9-11-23-12-15-4-3-10-21-15/h3-8,10,16H,2,9,11-12H2,1H3,(H,19,20)/t16-/m1/s1. The highest BCUT2D eigenvalue weighted by atomic mass is 35.5. The smallest absolute Gasteiger partial charge is 0.261 e. The zero-order valence-electron chi connectivity index (χ0n) is 13.0. The number of amides is 1. The lowest BCUT2D eigenvalue weighted by Crippen LogP contribution is -2.39. The van der Waals surface area contributed by atoms with Crippen molar-refractivity contribution in [1.29, 1.82) is 0 Å². The van der Waals surface area contributed by atoms with Gasteiger partial charge in [-0.25, -0.2) is 0 Å². The molecule has 0 aliphatic rings. The van der Waals surface area contributed by atoms with E-state index in [2.05, 4.69) is 5.32 Å². The summed E-state index contributed by atoms with van der Waals surface area (Å²) < 4.78 is 11.0. The summed E-state index contributed by atoms with van der Waals surface area (Å²) in [6.45, 7) is 2.52. The third kappa shape index (κ3) is 6.20. The molecule has 0 fully saturated rings. The summed E-state index contributed by atoms with van der Waals surface area (Å²) in [6, 6.07) is 10.8. The van der Waals surface area contributed by atoms with Crippen molar-refractivity contribution in [1.82, 2.24) is 5.32 Å². The van der Waals surface area contributed by atoms with E-state index in [-0.39, 0.29) is 5.91 Å². The first-order valence-corrected chi connectivity index (χ1v) is 9.02. The van der Waals surface area contributed by atoms with Gasteiger partial charge in [0.15, 0.2) is 6.10 Å². The molecule has 23 heavy (non-hydrogen) atoms. The lowest BCUT2D eigenvalue weighted by molar-refractivity contribution is -0.127. The summed E-state index contributed by atoms with van der Waals surface area (Å²) in [5.74, 6) is 3.12. The van der Waals surface area contributed by atoms with Crippen LogP contribution in [-0.2, 0) is 10.5 Å². The number of carbonyl (C=O) groups is 1. The fourth-order valence-electron chi connectivity index (χ4n) is 1.93. The Morgan fingerprint density at radius 3 is 2.78 bits per heavy atom. The fraction of sp³-hybridized carbons (Fsp3) is 0.353. The van der Waals surface area contributed by atoms with Crippen LogP contribution in [0, 0.1) is 0 Å². The quantitative estimate of drug-likeness (QED) is 0.688. The summed E-state index contributed by atoms with van der Waals surface area (Å²) in [5, 5.41) is 3.55. The maximum absolute atomic E-state index is 12.1. The Morgan fingerprint density at radius 1 is 1.35 bits per heavy atom. The summed E-state index contributed by atoms with van der Waals surface area (Å²) in [6.07, 6.45) is 1.78. The molecule has 0 saturated heterocycles. The number of nitrogens with one attached hydrogen (secondary N) is 1. The molecule has 1 atom stereocenters. The molecule has 2 rings (SSSR count). The zero-order chi connectivity index (χ0) is 16.5. The second-order valence-electron chi connectivity index (χ2n) is 4.89. The van der Waals surface area contributed by atoms with Gasteiger partial charge in [0, 0.05) is 17.3 Å². The van der Waals surface area contributed by atoms with E-state index in [4.69, 9.17) is 20.8 Å². The van der Waals surface area contributed by atoms with E-state index in [0.717, 1.165) is 17.3 Å². The number of ether oxygens (including phenoxy) is 1.